The predicted octanol–water partition coefficient (Wildman–Crippen LogP) is 3.77. The van der Waals surface area contributed by atoms with Gasteiger partial charge in [0.1, 0.15) is 0 Å². The summed E-state index contributed by atoms with van der Waals surface area (Å²) in [6.07, 6.45) is 1.87. The van der Waals surface area contributed by atoms with Crippen LogP contribution in [-0.4, -0.2) is 29.3 Å². The van der Waals surface area contributed by atoms with Gasteiger partial charge < -0.3 is 26.7 Å². The maximum Gasteiger partial charge on any atom is 0.256 e. The van der Waals surface area contributed by atoms with E-state index in [9.17, 15) is 14.4 Å². The Balaban J connectivity index is 1.42. The van der Waals surface area contributed by atoms with Crippen molar-refractivity contribution in [1.82, 2.24) is 10.3 Å². The number of nitrogens with one attached hydrogen (secondary N) is 4. The van der Waals surface area contributed by atoms with Crippen LogP contribution < -0.4 is 21.7 Å². The monoisotopic (exact) mass is 457 g/mol. The number of rotatable bonds is 6. The zero-order chi connectivity index (χ0) is 24.4. The number of aryl methyl sites for hydroxylation is 2. The number of carbonyl (C=O) groups is 3. The molecule has 0 saturated carbocycles. The van der Waals surface area contributed by atoms with Crippen molar-refractivity contribution in [3.05, 3.63) is 76.1 Å². The van der Waals surface area contributed by atoms with E-state index >= 15 is 0 Å². The van der Waals surface area contributed by atoms with Gasteiger partial charge in [0.05, 0.1) is 22.5 Å². The molecule has 0 fully saturated rings. The smallest absolute Gasteiger partial charge is 0.256 e. The Hall–Kier alpha value is -4.33. The summed E-state index contributed by atoms with van der Waals surface area (Å²) in [5.41, 5.74) is 12.7. The molecule has 3 amide bonds. The number of anilines is 3. The molecule has 8 heteroatoms. The van der Waals surface area contributed by atoms with Gasteiger partial charge in [0.25, 0.3) is 11.8 Å². The molecule has 1 aliphatic heterocycles. The van der Waals surface area contributed by atoms with E-state index < -0.39 is 0 Å². The van der Waals surface area contributed by atoms with Gasteiger partial charge in [-0.1, -0.05) is 24.3 Å². The first-order valence-electron chi connectivity index (χ1n) is 11.0. The molecule has 1 aliphatic rings. The average molecular weight is 458 g/mol. The number of hydrogen-bond donors (Lipinski definition) is 5. The molecule has 0 saturated heterocycles. The molecule has 3 aromatic rings. The lowest BCUT2D eigenvalue weighted by molar-refractivity contribution is -0.116. The number of aromatic amines is 1. The molecule has 34 heavy (non-hydrogen) atoms. The van der Waals surface area contributed by atoms with E-state index in [2.05, 4.69) is 20.9 Å². The quantitative estimate of drug-likeness (QED) is 0.285. The number of benzene rings is 2. The fourth-order valence-corrected chi connectivity index (χ4v) is 4.07. The highest BCUT2D eigenvalue weighted by Gasteiger charge is 2.25. The minimum atomic E-state index is -0.283. The number of carbonyl (C=O) groups excluding carboxylic acids is 3. The largest absolute Gasteiger partial charge is 0.397 e. The molecule has 0 atom stereocenters. The summed E-state index contributed by atoms with van der Waals surface area (Å²) in [4.78, 5) is 40.7. The Morgan fingerprint density at radius 2 is 1.85 bits per heavy atom. The van der Waals surface area contributed by atoms with Crippen LogP contribution in [0, 0.1) is 20.8 Å². The summed E-state index contributed by atoms with van der Waals surface area (Å²) in [6, 6.07) is 12.9. The van der Waals surface area contributed by atoms with Crippen LogP contribution in [-0.2, 0) is 9.59 Å². The molecule has 0 unspecified atom stereocenters. The zero-order valence-corrected chi connectivity index (χ0v) is 19.3. The van der Waals surface area contributed by atoms with Crippen LogP contribution in [0.5, 0.6) is 0 Å². The van der Waals surface area contributed by atoms with Crippen LogP contribution in [0.1, 0.15) is 44.9 Å². The molecule has 0 radical (unpaired) electrons. The van der Waals surface area contributed by atoms with Crippen LogP contribution in [0.3, 0.4) is 0 Å². The fraction of sp³-hybridized carbons (Fsp3) is 0.192. The Kier molecular flexibility index (Phi) is 6.23. The summed E-state index contributed by atoms with van der Waals surface area (Å²) >= 11 is 0. The van der Waals surface area contributed by atoms with Gasteiger partial charge in [-0.3, -0.25) is 14.4 Å². The lowest BCUT2D eigenvalue weighted by Gasteiger charge is -2.10. The first-order chi connectivity index (χ1) is 16.2. The van der Waals surface area contributed by atoms with Crippen molar-refractivity contribution < 1.29 is 14.4 Å². The molecule has 0 bridgehead atoms. The summed E-state index contributed by atoms with van der Waals surface area (Å²) in [6.45, 7) is 5.73. The number of aromatic nitrogens is 1. The van der Waals surface area contributed by atoms with Crippen LogP contribution in [0.4, 0.5) is 17.1 Å². The lowest BCUT2D eigenvalue weighted by Crippen LogP contribution is -2.28. The molecule has 2 heterocycles. The van der Waals surface area contributed by atoms with Crippen molar-refractivity contribution in [2.75, 3.05) is 22.9 Å². The Bertz CT molecular complexity index is 1340. The van der Waals surface area contributed by atoms with Gasteiger partial charge in [0, 0.05) is 35.6 Å². The normalized spacial score (nSPS) is 13.5. The Morgan fingerprint density at radius 1 is 1.09 bits per heavy atom. The second-order valence-electron chi connectivity index (χ2n) is 8.37. The van der Waals surface area contributed by atoms with Crippen LogP contribution >= 0.6 is 0 Å². The van der Waals surface area contributed by atoms with E-state index in [1.54, 1.807) is 25.1 Å². The molecule has 8 nitrogen and oxygen atoms in total. The lowest BCUT2D eigenvalue weighted by atomic mass is 10.0. The Labute approximate surface area is 197 Å². The standard InChI is InChI=1S/C26H27N5O3/c1-14-8-9-21(19(27)12-14)30-23(32)10-11-28-26(34)24-15(2)22(29-16(24)3)13-18-17-6-4-5-7-20(17)31-25(18)33/h4-9,12-13,29H,10-11,27H2,1-3H3,(H,28,34)(H,30,32)(H,31,33)/b18-13-. The molecular formula is C26H27N5O3. The van der Waals surface area contributed by atoms with E-state index in [0.717, 1.165) is 22.4 Å². The number of hydrogen-bond acceptors (Lipinski definition) is 4. The van der Waals surface area contributed by atoms with Crippen LogP contribution in [0.15, 0.2) is 42.5 Å². The topological polar surface area (TPSA) is 129 Å². The minimum Gasteiger partial charge on any atom is -0.397 e. The number of H-pyrrole nitrogens is 1. The number of nitrogen functional groups attached to an aromatic ring is 1. The highest BCUT2D eigenvalue weighted by molar-refractivity contribution is 6.34. The average Bonchev–Trinajstić information content (AvgIpc) is 3.25. The van der Waals surface area contributed by atoms with E-state index in [0.29, 0.717) is 33.9 Å². The fourth-order valence-electron chi connectivity index (χ4n) is 4.07. The third-order valence-electron chi connectivity index (χ3n) is 5.82. The molecule has 1 aromatic heterocycles. The SMILES string of the molecule is Cc1ccc(NC(=O)CCNC(=O)c2c(C)[nH]c(/C=C3\C(=O)Nc4ccccc43)c2C)c(N)c1. The summed E-state index contributed by atoms with van der Waals surface area (Å²) in [5, 5.41) is 8.41. The first-order valence-corrected chi connectivity index (χ1v) is 11.0. The summed E-state index contributed by atoms with van der Waals surface area (Å²) in [5.74, 6) is -0.705. The number of nitrogens with two attached hydrogens (primary N) is 1. The first kappa shape index (κ1) is 22.8. The van der Waals surface area contributed by atoms with Gasteiger partial charge in [0.2, 0.25) is 5.91 Å². The summed E-state index contributed by atoms with van der Waals surface area (Å²) in [7, 11) is 0. The van der Waals surface area contributed by atoms with Crippen molar-refractivity contribution >= 4 is 46.4 Å². The van der Waals surface area contributed by atoms with Gasteiger partial charge >= 0.3 is 0 Å². The van der Waals surface area contributed by atoms with Crippen LogP contribution in [0.2, 0.25) is 0 Å². The maximum atomic E-state index is 12.8. The molecule has 0 spiro atoms. The maximum absolute atomic E-state index is 12.8. The minimum absolute atomic E-state index is 0.107. The van der Waals surface area contributed by atoms with E-state index in [-0.39, 0.29) is 30.7 Å². The molecule has 174 valence electrons. The molecule has 6 N–H and O–H groups in total. The second-order valence-corrected chi connectivity index (χ2v) is 8.37. The highest BCUT2D eigenvalue weighted by atomic mass is 16.2. The van der Waals surface area contributed by atoms with Crippen molar-refractivity contribution in [1.29, 1.82) is 0 Å². The van der Waals surface area contributed by atoms with Gasteiger partial charge in [0.15, 0.2) is 0 Å². The number of fused-ring (bicyclic) bond motifs is 1. The van der Waals surface area contributed by atoms with Crippen LogP contribution in [0.25, 0.3) is 11.6 Å². The molecule has 4 rings (SSSR count). The predicted molar refractivity (Wildman–Crippen MR) is 134 cm³/mol. The van der Waals surface area contributed by atoms with Crippen molar-refractivity contribution in [2.24, 2.45) is 0 Å². The van der Waals surface area contributed by atoms with Gasteiger partial charge in [-0.25, -0.2) is 0 Å². The second kappa shape index (κ2) is 9.27. The molecule has 0 aliphatic carbocycles. The summed E-state index contributed by atoms with van der Waals surface area (Å²) < 4.78 is 0. The third kappa shape index (κ3) is 4.56. The number of para-hydroxylation sites is 1. The molecule has 2 aromatic carbocycles. The van der Waals surface area contributed by atoms with Gasteiger partial charge in [-0.15, -0.1) is 0 Å². The van der Waals surface area contributed by atoms with E-state index in [1.807, 2.05) is 44.2 Å². The van der Waals surface area contributed by atoms with Crippen molar-refractivity contribution in [3.63, 3.8) is 0 Å². The van der Waals surface area contributed by atoms with Gasteiger partial charge in [-0.2, -0.15) is 0 Å². The van der Waals surface area contributed by atoms with E-state index in [1.165, 1.54) is 0 Å². The van der Waals surface area contributed by atoms with Crippen molar-refractivity contribution in [3.8, 4) is 0 Å². The molecular weight excluding hydrogens is 430 g/mol. The van der Waals surface area contributed by atoms with E-state index in [4.69, 9.17) is 5.73 Å². The Morgan fingerprint density at radius 3 is 2.62 bits per heavy atom. The highest BCUT2D eigenvalue weighted by Crippen LogP contribution is 2.33. The van der Waals surface area contributed by atoms with Crippen molar-refractivity contribution in [2.45, 2.75) is 27.2 Å². The zero-order valence-electron chi connectivity index (χ0n) is 19.3. The third-order valence-corrected chi connectivity index (χ3v) is 5.82. The van der Waals surface area contributed by atoms with Gasteiger partial charge in [-0.05, 0) is 56.2 Å². The number of amides is 3.